The third-order valence-electron chi connectivity index (χ3n) is 2.24. The van der Waals surface area contributed by atoms with Crippen molar-refractivity contribution in [3.05, 3.63) is 56.4 Å². The van der Waals surface area contributed by atoms with Crippen LogP contribution in [0.2, 0.25) is 10.0 Å². The molecule has 1 aromatic heterocycles. The van der Waals surface area contributed by atoms with Gasteiger partial charge in [0.15, 0.2) is 6.29 Å². The second-order valence-electron chi connectivity index (χ2n) is 3.43. The van der Waals surface area contributed by atoms with E-state index in [0.29, 0.717) is 27.5 Å². The van der Waals surface area contributed by atoms with Crippen LogP contribution in [0.4, 0.5) is 0 Å². The monoisotopic (exact) mass is 267 g/mol. The molecule has 0 saturated carbocycles. The number of carbonyl (C=O) groups excluding carboxylic acids is 1. The minimum atomic E-state index is -0.330. The molecule has 2 aromatic rings. The van der Waals surface area contributed by atoms with Gasteiger partial charge in [0.2, 0.25) is 5.56 Å². The number of hydrogen-bond acceptors (Lipinski definition) is 2. The summed E-state index contributed by atoms with van der Waals surface area (Å²) in [6.45, 7) is 0. The van der Waals surface area contributed by atoms with Crippen LogP contribution in [0.3, 0.4) is 0 Å². The normalized spacial score (nSPS) is 10.2. The fraction of sp³-hybridized carbons (Fsp3) is 0. The number of nitrogens with one attached hydrogen (secondary N) is 1. The molecule has 0 saturated heterocycles. The predicted molar refractivity (Wildman–Crippen MR) is 67.9 cm³/mol. The second-order valence-corrected chi connectivity index (χ2v) is 4.30. The molecule has 0 atom stereocenters. The molecule has 2 rings (SSSR count). The first-order valence-corrected chi connectivity index (χ1v) is 5.51. The summed E-state index contributed by atoms with van der Waals surface area (Å²) >= 11 is 11.8. The number of hydrogen-bond donors (Lipinski definition) is 1. The molecule has 0 fully saturated rings. The molecular weight excluding hydrogens is 261 g/mol. The largest absolute Gasteiger partial charge is 0.319 e. The summed E-state index contributed by atoms with van der Waals surface area (Å²) in [6, 6.07) is 7.85. The van der Waals surface area contributed by atoms with Crippen molar-refractivity contribution in [1.82, 2.24) is 4.98 Å². The summed E-state index contributed by atoms with van der Waals surface area (Å²) in [4.78, 5) is 24.4. The fourth-order valence-electron chi connectivity index (χ4n) is 1.54. The van der Waals surface area contributed by atoms with Crippen LogP contribution in [0.15, 0.2) is 35.1 Å². The molecule has 0 radical (unpaired) electrons. The van der Waals surface area contributed by atoms with E-state index >= 15 is 0 Å². The molecule has 1 aromatic carbocycles. The highest BCUT2D eigenvalue weighted by Gasteiger charge is 2.07. The average molecular weight is 268 g/mol. The molecule has 1 heterocycles. The lowest BCUT2D eigenvalue weighted by atomic mass is 10.0. The Morgan fingerprint density at radius 2 is 1.71 bits per heavy atom. The lowest BCUT2D eigenvalue weighted by Crippen LogP contribution is -2.07. The van der Waals surface area contributed by atoms with Gasteiger partial charge in [-0.2, -0.15) is 0 Å². The predicted octanol–water partition coefficient (Wildman–Crippen LogP) is 3.16. The van der Waals surface area contributed by atoms with Gasteiger partial charge in [-0.05, 0) is 29.8 Å². The number of pyridine rings is 1. The zero-order valence-electron chi connectivity index (χ0n) is 8.54. The van der Waals surface area contributed by atoms with Crippen LogP contribution in [0.5, 0.6) is 0 Å². The summed E-state index contributed by atoms with van der Waals surface area (Å²) in [5.41, 5.74) is 1.14. The van der Waals surface area contributed by atoms with Gasteiger partial charge in [0.05, 0.1) is 5.69 Å². The van der Waals surface area contributed by atoms with Crippen molar-refractivity contribution in [3.8, 4) is 11.1 Å². The lowest BCUT2D eigenvalue weighted by molar-refractivity contribution is 0.111. The first kappa shape index (κ1) is 11.9. The van der Waals surface area contributed by atoms with E-state index in [-0.39, 0.29) is 11.3 Å². The smallest absolute Gasteiger partial charge is 0.248 e. The molecule has 0 spiro atoms. The molecule has 17 heavy (non-hydrogen) atoms. The Bertz CT molecular complexity index is 614. The van der Waals surface area contributed by atoms with E-state index in [4.69, 9.17) is 23.2 Å². The number of aromatic nitrogens is 1. The summed E-state index contributed by atoms with van der Waals surface area (Å²) in [7, 11) is 0. The molecule has 86 valence electrons. The number of rotatable bonds is 2. The van der Waals surface area contributed by atoms with E-state index in [2.05, 4.69) is 4.98 Å². The standard InChI is InChI=1S/C12H7Cl2NO2/c13-8-3-7(4-9(14)5-8)10-1-2-12(17)15-11(10)6-16/h1-6H,(H,15,17). The van der Waals surface area contributed by atoms with Crippen LogP contribution < -0.4 is 5.56 Å². The highest BCUT2D eigenvalue weighted by atomic mass is 35.5. The number of benzene rings is 1. The van der Waals surface area contributed by atoms with Gasteiger partial charge in [0.1, 0.15) is 0 Å². The molecule has 5 heteroatoms. The Morgan fingerprint density at radius 3 is 2.29 bits per heavy atom. The highest BCUT2D eigenvalue weighted by molar-refractivity contribution is 6.35. The highest BCUT2D eigenvalue weighted by Crippen LogP contribution is 2.27. The maximum absolute atomic E-state index is 11.1. The Hall–Kier alpha value is -1.58. The van der Waals surface area contributed by atoms with Gasteiger partial charge in [-0.1, -0.05) is 23.2 Å². The van der Waals surface area contributed by atoms with Crippen molar-refractivity contribution in [1.29, 1.82) is 0 Å². The summed E-state index contributed by atoms with van der Waals surface area (Å²) in [6.07, 6.45) is 0.589. The molecule has 0 aliphatic heterocycles. The fourth-order valence-corrected chi connectivity index (χ4v) is 2.07. The van der Waals surface area contributed by atoms with Gasteiger partial charge in [0.25, 0.3) is 0 Å². The van der Waals surface area contributed by atoms with E-state index in [1.165, 1.54) is 6.07 Å². The Labute approximate surface area is 107 Å². The molecule has 0 amide bonds. The number of aromatic amines is 1. The molecule has 3 nitrogen and oxygen atoms in total. The zero-order chi connectivity index (χ0) is 12.4. The quantitative estimate of drug-likeness (QED) is 0.850. The Kier molecular flexibility index (Phi) is 3.31. The first-order valence-electron chi connectivity index (χ1n) is 4.75. The van der Waals surface area contributed by atoms with Gasteiger partial charge < -0.3 is 4.98 Å². The molecule has 0 unspecified atom stereocenters. The van der Waals surface area contributed by atoms with Gasteiger partial charge >= 0.3 is 0 Å². The SMILES string of the molecule is O=Cc1[nH]c(=O)ccc1-c1cc(Cl)cc(Cl)c1. The molecule has 0 aliphatic rings. The van der Waals surface area contributed by atoms with Crippen LogP contribution in [0.25, 0.3) is 11.1 Å². The summed E-state index contributed by atoms with van der Waals surface area (Å²) < 4.78 is 0. The van der Waals surface area contributed by atoms with Crippen molar-refractivity contribution < 1.29 is 4.79 Å². The van der Waals surface area contributed by atoms with Crippen LogP contribution in [0.1, 0.15) is 10.5 Å². The molecule has 0 bridgehead atoms. The van der Waals surface area contributed by atoms with Crippen molar-refractivity contribution in [3.63, 3.8) is 0 Å². The van der Waals surface area contributed by atoms with E-state index in [1.807, 2.05) is 0 Å². The second kappa shape index (κ2) is 4.73. The summed E-state index contributed by atoms with van der Waals surface area (Å²) in [5.74, 6) is 0. The number of carbonyl (C=O) groups is 1. The van der Waals surface area contributed by atoms with E-state index in [1.54, 1.807) is 24.3 Å². The van der Waals surface area contributed by atoms with Gasteiger partial charge in [-0.3, -0.25) is 9.59 Å². The Morgan fingerprint density at radius 1 is 1.06 bits per heavy atom. The zero-order valence-corrected chi connectivity index (χ0v) is 10.0. The molecular formula is C12H7Cl2NO2. The minimum Gasteiger partial charge on any atom is -0.319 e. The Balaban J connectivity index is 2.67. The van der Waals surface area contributed by atoms with Crippen LogP contribution >= 0.6 is 23.2 Å². The van der Waals surface area contributed by atoms with Crippen molar-refractivity contribution in [2.75, 3.05) is 0 Å². The van der Waals surface area contributed by atoms with Crippen LogP contribution in [0, 0.1) is 0 Å². The summed E-state index contributed by atoms with van der Waals surface area (Å²) in [5, 5.41) is 0.936. The van der Waals surface area contributed by atoms with Crippen molar-refractivity contribution >= 4 is 29.5 Å². The first-order chi connectivity index (χ1) is 8.10. The van der Waals surface area contributed by atoms with E-state index in [9.17, 15) is 9.59 Å². The maximum Gasteiger partial charge on any atom is 0.248 e. The number of aldehydes is 1. The third kappa shape index (κ3) is 2.57. The minimum absolute atomic E-state index is 0.204. The van der Waals surface area contributed by atoms with E-state index in [0.717, 1.165) is 0 Å². The maximum atomic E-state index is 11.1. The molecule has 0 aliphatic carbocycles. The van der Waals surface area contributed by atoms with Crippen molar-refractivity contribution in [2.45, 2.75) is 0 Å². The van der Waals surface area contributed by atoms with Gasteiger partial charge in [-0.25, -0.2) is 0 Å². The van der Waals surface area contributed by atoms with Gasteiger partial charge in [0, 0.05) is 21.7 Å². The molecule has 1 N–H and O–H groups in total. The number of halogens is 2. The average Bonchev–Trinajstić information content (AvgIpc) is 2.27. The topological polar surface area (TPSA) is 49.9 Å². The number of H-pyrrole nitrogens is 1. The van der Waals surface area contributed by atoms with Crippen LogP contribution in [-0.2, 0) is 0 Å². The van der Waals surface area contributed by atoms with E-state index < -0.39 is 0 Å². The van der Waals surface area contributed by atoms with Gasteiger partial charge in [-0.15, -0.1) is 0 Å². The lowest BCUT2D eigenvalue weighted by Gasteiger charge is -2.05. The van der Waals surface area contributed by atoms with Crippen LogP contribution in [-0.4, -0.2) is 11.3 Å². The van der Waals surface area contributed by atoms with Crippen molar-refractivity contribution in [2.24, 2.45) is 0 Å². The third-order valence-corrected chi connectivity index (χ3v) is 2.68.